The summed E-state index contributed by atoms with van der Waals surface area (Å²) in [6.45, 7) is 4.15. The number of amides is 4. The third-order valence-electron chi connectivity index (χ3n) is 7.67. The van der Waals surface area contributed by atoms with Crippen LogP contribution >= 0.6 is 0 Å². The number of urea groups is 1. The Morgan fingerprint density at radius 3 is 2.19 bits per heavy atom. The Bertz CT molecular complexity index is 2050. The predicted molar refractivity (Wildman–Crippen MR) is 179 cm³/mol. The van der Waals surface area contributed by atoms with E-state index in [4.69, 9.17) is 9.47 Å². The number of hydrogen-bond donors (Lipinski definition) is 0. The number of carbonyl (C=O) groups is 3. The maximum atomic E-state index is 14.1. The molecule has 0 aromatic heterocycles. The smallest absolute Gasteiger partial charge is 0.343 e. The molecule has 0 radical (unpaired) electrons. The number of aryl methyl sites for hydroxylation is 1. The quantitative estimate of drug-likeness (QED) is 0.0714. The maximum absolute atomic E-state index is 14.1. The zero-order valence-corrected chi connectivity index (χ0v) is 25.6. The second-order valence-corrected chi connectivity index (χ2v) is 10.8. The van der Waals surface area contributed by atoms with Gasteiger partial charge in [0.25, 0.3) is 17.5 Å². The van der Waals surface area contributed by atoms with Crippen molar-refractivity contribution in [3.63, 3.8) is 0 Å². The van der Waals surface area contributed by atoms with E-state index >= 15 is 0 Å². The van der Waals surface area contributed by atoms with Crippen molar-refractivity contribution in [2.24, 2.45) is 0 Å². The molecule has 10 heteroatoms. The van der Waals surface area contributed by atoms with Crippen molar-refractivity contribution >= 4 is 51.8 Å². The molecule has 10 nitrogen and oxygen atoms in total. The molecule has 4 amide bonds. The van der Waals surface area contributed by atoms with E-state index in [1.165, 1.54) is 18.2 Å². The Labute approximate surface area is 270 Å². The van der Waals surface area contributed by atoms with E-state index in [1.54, 1.807) is 66.7 Å². The van der Waals surface area contributed by atoms with Crippen molar-refractivity contribution in [3.8, 4) is 11.5 Å². The summed E-state index contributed by atoms with van der Waals surface area (Å²) < 4.78 is 11.8. The Morgan fingerprint density at radius 1 is 0.766 bits per heavy atom. The molecule has 0 aliphatic carbocycles. The normalized spacial score (nSPS) is 14.2. The third kappa shape index (κ3) is 6.16. The minimum absolute atomic E-state index is 0.0189. The number of nitro benzene ring substituents is 1. The molecule has 5 aromatic carbocycles. The highest BCUT2D eigenvalue weighted by Gasteiger charge is 2.44. The van der Waals surface area contributed by atoms with E-state index in [9.17, 15) is 24.5 Å². The van der Waals surface area contributed by atoms with Crippen molar-refractivity contribution in [3.05, 3.63) is 142 Å². The van der Waals surface area contributed by atoms with Crippen molar-refractivity contribution in [2.45, 2.75) is 20.5 Å². The molecule has 6 rings (SSSR count). The van der Waals surface area contributed by atoms with Crippen LogP contribution in [0.15, 0.2) is 115 Å². The summed E-state index contributed by atoms with van der Waals surface area (Å²) in [6, 6.07) is 29.9. The molecular formula is C37H29N3O7. The van der Waals surface area contributed by atoms with Crippen LogP contribution < -0.4 is 19.3 Å². The average Bonchev–Trinajstić information content (AvgIpc) is 3.07. The van der Waals surface area contributed by atoms with Crippen molar-refractivity contribution in [1.29, 1.82) is 0 Å². The summed E-state index contributed by atoms with van der Waals surface area (Å²) in [7, 11) is 0. The first-order valence-electron chi connectivity index (χ1n) is 14.9. The number of benzene rings is 5. The van der Waals surface area contributed by atoms with E-state index in [-0.39, 0.29) is 17.9 Å². The van der Waals surface area contributed by atoms with Crippen molar-refractivity contribution < 1.29 is 28.8 Å². The van der Waals surface area contributed by atoms with Gasteiger partial charge in [0.2, 0.25) is 0 Å². The first-order chi connectivity index (χ1) is 22.7. The number of rotatable bonds is 9. The van der Waals surface area contributed by atoms with Crippen LogP contribution in [0.3, 0.4) is 0 Å². The molecule has 5 aromatic rings. The molecule has 47 heavy (non-hydrogen) atoms. The second-order valence-electron chi connectivity index (χ2n) is 10.8. The average molecular weight is 628 g/mol. The molecule has 1 fully saturated rings. The minimum Gasteiger partial charge on any atom is -0.490 e. The Balaban J connectivity index is 1.39. The molecule has 0 N–H and O–H groups in total. The lowest BCUT2D eigenvalue weighted by Crippen LogP contribution is -2.57. The highest BCUT2D eigenvalue weighted by atomic mass is 16.6. The summed E-state index contributed by atoms with van der Waals surface area (Å²) in [5.74, 6) is -0.729. The standard InChI is InChI=1S/C37H29N3O7/c1-3-46-34-22-26(15-20-33(34)47-23-25-13-18-29(19-14-25)40(44)45)21-31-35(41)38(28-16-11-24(2)12-17-28)37(43)39(36(31)42)32-10-6-8-27-7-4-5-9-30(27)32/h4-22H,3,23H2,1-2H3/b31-21+. The zero-order valence-electron chi connectivity index (χ0n) is 25.6. The summed E-state index contributed by atoms with van der Waals surface area (Å²) in [4.78, 5) is 54.7. The second kappa shape index (κ2) is 13.0. The Hall–Kier alpha value is -6.29. The number of nitro groups is 1. The molecule has 0 atom stereocenters. The van der Waals surface area contributed by atoms with Gasteiger partial charge in [0.15, 0.2) is 11.5 Å². The van der Waals surface area contributed by atoms with Crippen LogP contribution in [0.5, 0.6) is 11.5 Å². The van der Waals surface area contributed by atoms with Gasteiger partial charge in [0.1, 0.15) is 12.2 Å². The molecule has 1 heterocycles. The lowest BCUT2D eigenvalue weighted by molar-refractivity contribution is -0.384. The topological polar surface area (TPSA) is 119 Å². The van der Waals surface area contributed by atoms with Crippen molar-refractivity contribution in [1.82, 2.24) is 0 Å². The number of barbiturate groups is 1. The van der Waals surface area contributed by atoms with E-state index < -0.39 is 22.8 Å². The van der Waals surface area contributed by atoms with Crippen LogP contribution in [-0.2, 0) is 16.2 Å². The number of anilines is 2. The summed E-state index contributed by atoms with van der Waals surface area (Å²) >= 11 is 0. The monoisotopic (exact) mass is 627 g/mol. The largest absolute Gasteiger partial charge is 0.490 e. The molecule has 0 saturated carbocycles. The van der Waals surface area contributed by atoms with Gasteiger partial charge in [-0.25, -0.2) is 14.6 Å². The van der Waals surface area contributed by atoms with Crippen LogP contribution in [0.4, 0.5) is 21.9 Å². The fourth-order valence-electron chi connectivity index (χ4n) is 5.31. The Kier molecular flexibility index (Phi) is 8.48. The van der Waals surface area contributed by atoms with Gasteiger partial charge in [-0.3, -0.25) is 19.7 Å². The van der Waals surface area contributed by atoms with Crippen molar-refractivity contribution in [2.75, 3.05) is 16.4 Å². The zero-order chi connectivity index (χ0) is 33.1. The molecule has 1 saturated heterocycles. The predicted octanol–water partition coefficient (Wildman–Crippen LogP) is 7.62. The van der Waals surface area contributed by atoms with Gasteiger partial charge in [-0.2, -0.15) is 0 Å². The number of hydrogen-bond acceptors (Lipinski definition) is 7. The number of non-ortho nitro benzene ring substituents is 1. The van der Waals surface area contributed by atoms with Gasteiger partial charge in [-0.05, 0) is 78.9 Å². The third-order valence-corrected chi connectivity index (χ3v) is 7.67. The number of carbonyl (C=O) groups excluding carboxylic acids is 3. The maximum Gasteiger partial charge on any atom is 0.343 e. The lowest BCUT2D eigenvalue weighted by Gasteiger charge is -2.34. The summed E-state index contributed by atoms with van der Waals surface area (Å²) in [5, 5.41) is 12.5. The van der Waals surface area contributed by atoms with Gasteiger partial charge in [-0.1, -0.05) is 60.2 Å². The van der Waals surface area contributed by atoms with Crippen LogP contribution in [0.25, 0.3) is 16.8 Å². The molecule has 0 unspecified atom stereocenters. The van der Waals surface area contributed by atoms with Gasteiger partial charge in [0.05, 0.1) is 22.9 Å². The molecule has 0 spiro atoms. The fourth-order valence-corrected chi connectivity index (χ4v) is 5.31. The molecule has 0 bridgehead atoms. The first kappa shape index (κ1) is 30.7. The number of fused-ring (bicyclic) bond motifs is 1. The summed E-state index contributed by atoms with van der Waals surface area (Å²) in [5.41, 5.74) is 2.61. The van der Waals surface area contributed by atoms with Gasteiger partial charge < -0.3 is 9.47 Å². The van der Waals surface area contributed by atoms with Crippen LogP contribution in [0, 0.1) is 17.0 Å². The fraction of sp³-hybridized carbons (Fsp3) is 0.108. The molecule has 234 valence electrons. The van der Waals surface area contributed by atoms with E-state index in [0.29, 0.717) is 40.4 Å². The lowest BCUT2D eigenvalue weighted by atomic mass is 10.0. The minimum atomic E-state index is -0.776. The van der Waals surface area contributed by atoms with Gasteiger partial charge in [0, 0.05) is 17.5 Å². The highest BCUT2D eigenvalue weighted by Crippen LogP contribution is 2.35. The van der Waals surface area contributed by atoms with Crippen LogP contribution in [-0.4, -0.2) is 29.4 Å². The molecular weight excluding hydrogens is 598 g/mol. The van der Waals surface area contributed by atoms with Crippen LogP contribution in [0.2, 0.25) is 0 Å². The van der Waals surface area contributed by atoms with E-state index in [1.807, 2.05) is 44.2 Å². The number of nitrogens with zero attached hydrogens (tertiary/aromatic N) is 3. The first-order valence-corrected chi connectivity index (χ1v) is 14.9. The SMILES string of the molecule is CCOc1cc(/C=C2\C(=O)N(c3ccc(C)cc3)C(=O)N(c3cccc4ccccc34)C2=O)ccc1OCc1ccc([N+](=O)[O-])cc1. The highest BCUT2D eigenvalue weighted by molar-refractivity contribution is 6.46. The van der Waals surface area contributed by atoms with E-state index in [2.05, 4.69) is 0 Å². The number of ether oxygens (including phenoxy) is 2. The molecule has 1 aliphatic heterocycles. The van der Waals surface area contributed by atoms with E-state index in [0.717, 1.165) is 26.3 Å². The van der Waals surface area contributed by atoms with Gasteiger partial charge in [-0.15, -0.1) is 0 Å². The molecule has 1 aliphatic rings. The van der Waals surface area contributed by atoms with Crippen LogP contribution in [0.1, 0.15) is 23.6 Å². The number of imide groups is 2. The Morgan fingerprint density at radius 2 is 1.47 bits per heavy atom. The van der Waals surface area contributed by atoms with Gasteiger partial charge >= 0.3 is 6.03 Å². The summed E-state index contributed by atoms with van der Waals surface area (Å²) in [6.07, 6.45) is 1.44.